The second kappa shape index (κ2) is 6.65. The zero-order valence-electron chi connectivity index (χ0n) is 13.7. The molecule has 0 fully saturated rings. The number of amides is 1. The molecule has 1 heterocycles. The Morgan fingerprint density at radius 2 is 2.05 bits per heavy atom. The number of unbranched alkanes of at least 4 members (excludes halogenated alkanes) is 2. The van der Waals surface area contributed by atoms with Gasteiger partial charge in [-0.1, -0.05) is 20.3 Å². The largest absolute Gasteiger partial charge is 0.348 e. The van der Waals surface area contributed by atoms with E-state index in [1.165, 1.54) is 5.69 Å². The van der Waals surface area contributed by atoms with Gasteiger partial charge in [0.2, 0.25) is 5.91 Å². The molecule has 1 aromatic heterocycles. The van der Waals surface area contributed by atoms with E-state index >= 15 is 0 Å². The Labute approximate surface area is 131 Å². The zero-order chi connectivity index (χ0) is 16.3. The Bertz CT molecular complexity index is 573. The number of fused-ring (bicyclic) bond motifs is 1. The van der Waals surface area contributed by atoms with Crippen LogP contribution in [-0.4, -0.2) is 21.5 Å². The molecule has 1 amide bonds. The highest BCUT2D eigenvalue weighted by Crippen LogP contribution is 2.36. The summed E-state index contributed by atoms with van der Waals surface area (Å²) in [5, 5.41) is 8.45. The molecule has 5 heteroatoms. The first-order valence-corrected chi connectivity index (χ1v) is 7.99. The summed E-state index contributed by atoms with van der Waals surface area (Å²) in [6.45, 7) is 7.23. The highest BCUT2D eigenvalue weighted by Gasteiger charge is 2.33. The van der Waals surface area contributed by atoms with Gasteiger partial charge in [0.25, 0.3) is 0 Å². The van der Waals surface area contributed by atoms with Crippen LogP contribution in [0.25, 0.3) is 0 Å². The number of aromatic nitrogens is 1. The van der Waals surface area contributed by atoms with Gasteiger partial charge in [-0.3, -0.25) is 14.8 Å². The molecule has 1 aliphatic rings. The molecule has 0 saturated carbocycles. The maximum Gasteiger partial charge on any atom is 0.243 e. The van der Waals surface area contributed by atoms with Gasteiger partial charge in [-0.15, -0.1) is 0 Å². The van der Waals surface area contributed by atoms with Crippen molar-refractivity contribution in [2.45, 2.75) is 65.8 Å². The number of hydroxylamine groups is 1. The van der Waals surface area contributed by atoms with Crippen LogP contribution in [0.1, 0.15) is 67.7 Å². The van der Waals surface area contributed by atoms with Crippen LogP contribution in [0.15, 0.2) is 6.07 Å². The Morgan fingerprint density at radius 3 is 2.73 bits per heavy atom. The summed E-state index contributed by atoms with van der Waals surface area (Å²) in [4.78, 5) is 23.2. The van der Waals surface area contributed by atoms with Crippen molar-refractivity contribution in [3.63, 3.8) is 0 Å². The van der Waals surface area contributed by atoms with E-state index in [0.29, 0.717) is 12.8 Å². The molecular weight excluding hydrogens is 280 g/mol. The van der Waals surface area contributed by atoms with Gasteiger partial charge in [0.15, 0.2) is 5.78 Å². The van der Waals surface area contributed by atoms with E-state index in [2.05, 4.69) is 25.3 Å². The molecule has 0 atom stereocenters. The molecule has 2 N–H and O–H groups in total. The maximum atomic E-state index is 12.3. The number of nitrogens with one attached hydrogen (secondary N) is 1. The van der Waals surface area contributed by atoms with Gasteiger partial charge in [-0.25, -0.2) is 5.48 Å². The minimum atomic E-state index is -0.332. The first-order valence-electron chi connectivity index (χ1n) is 7.99. The van der Waals surface area contributed by atoms with Gasteiger partial charge in [0.05, 0.1) is 0 Å². The van der Waals surface area contributed by atoms with Gasteiger partial charge in [0, 0.05) is 36.3 Å². The highest BCUT2D eigenvalue weighted by atomic mass is 16.5. The molecule has 0 bridgehead atoms. The second-order valence-corrected chi connectivity index (χ2v) is 7.08. The fourth-order valence-corrected chi connectivity index (χ4v) is 3.31. The zero-order valence-corrected chi connectivity index (χ0v) is 13.7. The second-order valence-electron chi connectivity index (χ2n) is 7.08. The first-order chi connectivity index (χ1) is 10.3. The van der Waals surface area contributed by atoms with Crippen molar-refractivity contribution in [1.29, 1.82) is 0 Å². The van der Waals surface area contributed by atoms with Crippen molar-refractivity contribution in [3.05, 3.63) is 23.0 Å². The third kappa shape index (κ3) is 3.77. The Balaban J connectivity index is 1.98. The third-order valence-electron chi connectivity index (χ3n) is 4.41. The molecule has 2 rings (SSSR count). The number of nitrogens with zero attached hydrogens (tertiary/aromatic N) is 1. The van der Waals surface area contributed by atoms with Crippen LogP contribution >= 0.6 is 0 Å². The fraction of sp³-hybridized carbons (Fsp3) is 0.647. The monoisotopic (exact) mass is 306 g/mol. The summed E-state index contributed by atoms with van der Waals surface area (Å²) >= 11 is 0. The lowest BCUT2D eigenvalue weighted by Gasteiger charge is -2.30. The number of aryl methyl sites for hydroxylation is 1. The molecule has 0 aliphatic heterocycles. The molecule has 122 valence electrons. The summed E-state index contributed by atoms with van der Waals surface area (Å²) < 4.78 is 2.26. The predicted molar refractivity (Wildman–Crippen MR) is 84.0 cm³/mol. The molecule has 5 nitrogen and oxygen atoms in total. The van der Waals surface area contributed by atoms with E-state index in [0.717, 1.165) is 43.5 Å². The van der Waals surface area contributed by atoms with E-state index in [1.807, 2.05) is 6.07 Å². The SMILES string of the molecule is Cc1cc2c(n1CCCCCC(=O)NO)CC(C)(C)CC2=O. The highest BCUT2D eigenvalue weighted by molar-refractivity contribution is 5.99. The summed E-state index contributed by atoms with van der Waals surface area (Å²) in [5.41, 5.74) is 4.90. The molecule has 0 aromatic carbocycles. The quantitative estimate of drug-likeness (QED) is 0.482. The number of hydrogen-bond donors (Lipinski definition) is 2. The van der Waals surface area contributed by atoms with E-state index in [4.69, 9.17) is 5.21 Å². The van der Waals surface area contributed by atoms with E-state index < -0.39 is 0 Å². The molecule has 1 aromatic rings. The lowest BCUT2D eigenvalue weighted by Crippen LogP contribution is -2.28. The van der Waals surface area contributed by atoms with E-state index in [1.54, 1.807) is 5.48 Å². The smallest absolute Gasteiger partial charge is 0.243 e. The van der Waals surface area contributed by atoms with Crippen molar-refractivity contribution in [2.24, 2.45) is 5.41 Å². The molecule has 0 radical (unpaired) electrons. The van der Waals surface area contributed by atoms with Crippen LogP contribution in [0.5, 0.6) is 0 Å². The normalized spacial score (nSPS) is 16.5. The van der Waals surface area contributed by atoms with Gasteiger partial charge in [-0.2, -0.15) is 0 Å². The van der Waals surface area contributed by atoms with Crippen molar-refractivity contribution in [1.82, 2.24) is 10.0 Å². The number of hydrogen-bond acceptors (Lipinski definition) is 3. The van der Waals surface area contributed by atoms with Gasteiger partial charge in [0.1, 0.15) is 0 Å². The molecule has 0 unspecified atom stereocenters. The van der Waals surface area contributed by atoms with Crippen molar-refractivity contribution >= 4 is 11.7 Å². The molecule has 1 aliphatic carbocycles. The lowest BCUT2D eigenvalue weighted by molar-refractivity contribution is -0.129. The third-order valence-corrected chi connectivity index (χ3v) is 4.41. The average molecular weight is 306 g/mol. The Kier molecular flexibility index (Phi) is 5.06. The molecule has 0 saturated heterocycles. The van der Waals surface area contributed by atoms with Crippen LogP contribution < -0.4 is 5.48 Å². The minimum Gasteiger partial charge on any atom is -0.348 e. The van der Waals surface area contributed by atoms with Crippen LogP contribution in [0.2, 0.25) is 0 Å². The number of Topliss-reactive ketones (excluding diaryl/α,β-unsaturated/α-hetero) is 1. The first kappa shape index (κ1) is 16.7. The van der Waals surface area contributed by atoms with Crippen LogP contribution in [0.3, 0.4) is 0 Å². The van der Waals surface area contributed by atoms with Crippen LogP contribution in [-0.2, 0) is 17.8 Å². The van der Waals surface area contributed by atoms with Crippen LogP contribution in [0.4, 0.5) is 0 Å². The van der Waals surface area contributed by atoms with Crippen molar-refractivity contribution in [3.8, 4) is 0 Å². The van der Waals surface area contributed by atoms with Gasteiger partial charge < -0.3 is 4.57 Å². The maximum absolute atomic E-state index is 12.3. The van der Waals surface area contributed by atoms with Crippen molar-refractivity contribution in [2.75, 3.05) is 0 Å². The van der Waals surface area contributed by atoms with Crippen LogP contribution in [0, 0.1) is 12.3 Å². The molecule has 0 spiro atoms. The van der Waals surface area contributed by atoms with Gasteiger partial charge in [-0.05, 0) is 37.7 Å². The lowest BCUT2D eigenvalue weighted by atomic mass is 9.76. The summed E-state index contributed by atoms with van der Waals surface area (Å²) in [5.74, 6) is -0.0745. The standard InChI is InChI=1S/C17H26N2O3/c1-12-9-13-14(10-17(2,3)11-15(13)20)19(12)8-6-4-5-7-16(21)18-22/h9,22H,4-8,10-11H2,1-3H3,(H,18,21). The number of rotatable bonds is 6. The number of carbonyl (C=O) groups excluding carboxylic acids is 2. The van der Waals surface area contributed by atoms with E-state index in [-0.39, 0.29) is 17.1 Å². The van der Waals surface area contributed by atoms with E-state index in [9.17, 15) is 9.59 Å². The minimum absolute atomic E-state index is 0.0336. The summed E-state index contributed by atoms with van der Waals surface area (Å²) in [6.07, 6.45) is 4.57. The number of ketones is 1. The fourth-order valence-electron chi connectivity index (χ4n) is 3.31. The van der Waals surface area contributed by atoms with Gasteiger partial charge >= 0.3 is 0 Å². The number of carbonyl (C=O) groups is 2. The molecule has 22 heavy (non-hydrogen) atoms. The predicted octanol–water partition coefficient (Wildman–Crippen LogP) is 3.02. The Hall–Kier alpha value is -1.62. The average Bonchev–Trinajstić information content (AvgIpc) is 2.74. The van der Waals surface area contributed by atoms with Crippen molar-refractivity contribution < 1.29 is 14.8 Å². The topological polar surface area (TPSA) is 71.3 Å². The summed E-state index contributed by atoms with van der Waals surface area (Å²) in [6, 6.07) is 2.02. The summed E-state index contributed by atoms with van der Waals surface area (Å²) in [7, 11) is 0. The Morgan fingerprint density at radius 1 is 1.32 bits per heavy atom. The molecular formula is C17H26N2O3.